The van der Waals surface area contributed by atoms with Gasteiger partial charge in [-0.1, -0.05) is 48.7 Å². The summed E-state index contributed by atoms with van der Waals surface area (Å²) in [6.07, 6.45) is 0.643. The van der Waals surface area contributed by atoms with Gasteiger partial charge >= 0.3 is 0 Å². The van der Waals surface area contributed by atoms with Gasteiger partial charge in [0.05, 0.1) is 27.0 Å². The van der Waals surface area contributed by atoms with Gasteiger partial charge in [-0.25, -0.2) is 0 Å². The topological polar surface area (TPSA) is 72.8 Å². The maximum absolute atomic E-state index is 12.9. The van der Waals surface area contributed by atoms with Crippen LogP contribution in [0, 0.1) is 0 Å². The summed E-state index contributed by atoms with van der Waals surface area (Å²) >= 11 is 18.6. The predicted octanol–water partition coefficient (Wildman–Crippen LogP) is 6.90. The second-order valence-electron chi connectivity index (χ2n) is 6.96. The molecule has 0 unspecified atom stereocenters. The number of anilines is 2. The van der Waals surface area contributed by atoms with Crippen molar-refractivity contribution in [2.75, 3.05) is 21.9 Å². The lowest BCUT2D eigenvalue weighted by molar-refractivity contribution is 0.102. The van der Waals surface area contributed by atoms with E-state index in [1.54, 1.807) is 6.07 Å². The van der Waals surface area contributed by atoms with Crippen molar-refractivity contribution in [1.29, 1.82) is 0 Å². The molecule has 1 aliphatic rings. The van der Waals surface area contributed by atoms with Gasteiger partial charge in [-0.2, -0.15) is 0 Å². The van der Waals surface area contributed by atoms with Crippen molar-refractivity contribution in [2.24, 2.45) is 0 Å². The number of nitrogens with one attached hydrogen (secondary N) is 1. The van der Waals surface area contributed by atoms with Crippen LogP contribution in [0.3, 0.4) is 0 Å². The van der Waals surface area contributed by atoms with E-state index >= 15 is 0 Å². The molecule has 1 heterocycles. The minimum absolute atomic E-state index is 0.102. The Kier molecular flexibility index (Phi) is 6.39. The molecule has 1 fully saturated rings. The van der Waals surface area contributed by atoms with Crippen LogP contribution < -0.4 is 9.62 Å². The summed E-state index contributed by atoms with van der Waals surface area (Å²) in [6.45, 7) is 4.53. The largest absolute Gasteiger partial charge is 0.322 e. The van der Waals surface area contributed by atoms with Crippen LogP contribution in [0.5, 0.6) is 0 Å². The SMILES string of the molecule is CC(C)c1cc(Cl)cc(NC(=O)c2cc(N3CCCS3(O)O)cc(Cl)c2Cl)c1. The Bertz CT molecular complexity index is 922. The van der Waals surface area contributed by atoms with Crippen LogP contribution in [-0.4, -0.2) is 27.3 Å². The summed E-state index contributed by atoms with van der Waals surface area (Å²) < 4.78 is 21.9. The van der Waals surface area contributed by atoms with Crippen molar-refractivity contribution in [3.63, 3.8) is 0 Å². The van der Waals surface area contributed by atoms with Crippen molar-refractivity contribution in [3.8, 4) is 0 Å². The molecule has 28 heavy (non-hydrogen) atoms. The van der Waals surface area contributed by atoms with Crippen LogP contribution in [0.2, 0.25) is 15.1 Å². The average Bonchev–Trinajstić information content (AvgIpc) is 2.95. The molecule has 1 saturated heterocycles. The highest BCUT2D eigenvalue weighted by Crippen LogP contribution is 2.52. The van der Waals surface area contributed by atoms with E-state index < -0.39 is 16.7 Å². The third kappa shape index (κ3) is 4.53. The van der Waals surface area contributed by atoms with Crippen LogP contribution in [0.1, 0.15) is 42.1 Å². The molecule has 9 heteroatoms. The second kappa shape index (κ2) is 8.30. The highest BCUT2D eigenvalue weighted by molar-refractivity contribution is 8.25. The molecule has 3 N–H and O–H groups in total. The van der Waals surface area contributed by atoms with Crippen molar-refractivity contribution >= 4 is 62.9 Å². The summed E-state index contributed by atoms with van der Waals surface area (Å²) in [7, 11) is -2.91. The first kappa shape index (κ1) is 21.6. The molecule has 152 valence electrons. The number of hydrogen-bond acceptors (Lipinski definition) is 4. The van der Waals surface area contributed by atoms with Gasteiger partial charge in [-0.05, 0) is 48.2 Å². The third-order valence-corrected chi connectivity index (χ3v) is 7.48. The number of amides is 1. The first-order chi connectivity index (χ1) is 13.1. The maximum Gasteiger partial charge on any atom is 0.257 e. The van der Waals surface area contributed by atoms with Gasteiger partial charge in [0.2, 0.25) is 0 Å². The zero-order chi connectivity index (χ0) is 20.6. The first-order valence-corrected chi connectivity index (χ1v) is 11.5. The van der Waals surface area contributed by atoms with Crippen molar-refractivity contribution in [1.82, 2.24) is 0 Å². The molecule has 0 aromatic heterocycles. The summed E-state index contributed by atoms with van der Waals surface area (Å²) in [5.41, 5.74) is 2.14. The number of carbonyl (C=O) groups excluding carboxylic acids is 1. The average molecular weight is 464 g/mol. The van der Waals surface area contributed by atoms with Crippen LogP contribution in [0.4, 0.5) is 11.4 Å². The first-order valence-electron chi connectivity index (χ1n) is 8.73. The van der Waals surface area contributed by atoms with E-state index in [-0.39, 0.29) is 27.3 Å². The molecular weight excluding hydrogens is 443 g/mol. The van der Waals surface area contributed by atoms with Crippen molar-refractivity contribution < 1.29 is 13.9 Å². The van der Waals surface area contributed by atoms with Gasteiger partial charge in [-0.3, -0.25) is 18.2 Å². The second-order valence-corrected chi connectivity index (χ2v) is 10.3. The summed E-state index contributed by atoms with van der Waals surface area (Å²) in [5.74, 6) is 0.0763. The Morgan fingerprint density at radius 3 is 2.46 bits per heavy atom. The van der Waals surface area contributed by atoms with Crippen LogP contribution >= 0.6 is 45.6 Å². The normalized spacial score (nSPS) is 17.1. The molecule has 1 aliphatic heterocycles. The van der Waals surface area contributed by atoms with E-state index in [2.05, 4.69) is 5.32 Å². The lowest BCUT2D eigenvalue weighted by atomic mass is 10.0. The molecule has 2 aromatic carbocycles. The van der Waals surface area contributed by atoms with Crippen molar-refractivity contribution in [2.45, 2.75) is 26.2 Å². The quantitative estimate of drug-likeness (QED) is 0.461. The Labute approximate surface area is 181 Å². The summed E-state index contributed by atoms with van der Waals surface area (Å²) in [5, 5.41) is 3.59. The lowest BCUT2D eigenvalue weighted by Gasteiger charge is -2.38. The monoisotopic (exact) mass is 462 g/mol. The van der Waals surface area contributed by atoms with Gasteiger partial charge in [0.1, 0.15) is 0 Å². The number of carbonyl (C=O) groups is 1. The molecule has 5 nitrogen and oxygen atoms in total. The molecule has 1 amide bonds. The molecule has 2 aromatic rings. The molecule has 3 rings (SSSR count). The van der Waals surface area contributed by atoms with Gasteiger partial charge in [0.15, 0.2) is 0 Å². The number of benzene rings is 2. The van der Waals surface area contributed by atoms with Gasteiger partial charge in [0.25, 0.3) is 5.91 Å². The number of rotatable bonds is 4. The van der Waals surface area contributed by atoms with E-state index in [4.69, 9.17) is 34.8 Å². The number of halogens is 3. The predicted molar refractivity (Wildman–Crippen MR) is 120 cm³/mol. The summed E-state index contributed by atoms with van der Waals surface area (Å²) in [4.78, 5) is 12.9. The van der Waals surface area contributed by atoms with Crippen LogP contribution in [-0.2, 0) is 0 Å². The Hall–Kier alpha value is -1.15. The van der Waals surface area contributed by atoms with E-state index in [1.807, 2.05) is 26.0 Å². The molecular formula is C19H21Cl3N2O3S. The third-order valence-electron chi connectivity index (χ3n) is 4.52. The highest BCUT2D eigenvalue weighted by Gasteiger charge is 2.30. The molecule has 0 radical (unpaired) electrons. The van der Waals surface area contributed by atoms with Crippen LogP contribution in [0.25, 0.3) is 0 Å². The molecule has 0 spiro atoms. The minimum Gasteiger partial charge on any atom is -0.322 e. The fraction of sp³-hybridized carbons (Fsp3) is 0.316. The van der Waals surface area contributed by atoms with E-state index in [9.17, 15) is 13.9 Å². The van der Waals surface area contributed by atoms with Gasteiger partial charge in [-0.15, -0.1) is 10.8 Å². The number of nitrogens with zero attached hydrogens (tertiary/aromatic N) is 1. The van der Waals surface area contributed by atoms with Crippen molar-refractivity contribution in [3.05, 3.63) is 56.5 Å². The maximum atomic E-state index is 12.9. The number of hydrogen-bond donors (Lipinski definition) is 3. The Balaban J connectivity index is 1.94. The summed E-state index contributed by atoms with van der Waals surface area (Å²) in [6, 6.07) is 8.42. The van der Waals surface area contributed by atoms with Gasteiger partial charge in [0, 0.05) is 17.3 Å². The Morgan fingerprint density at radius 1 is 1.14 bits per heavy atom. The van der Waals surface area contributed by atoms with Gasteiger partial charge < -0.3 is 5.32 Å². The Morgan fingerprint density at radius 2 is 1.86 bits per heavy atom. The fourth-order valence-corrected chi connectivity index (χ4v) is 5.31. The zero-order valence-electron chi connectivity index (χ0n) is 15.4. The molecule has 0 bridgehead atoms. The van der Waals surface area contributed by atoms with E-state index in [0.717, 1.165) is 5.56 Å². The fourth-order valence-electron chi connectivity index (χ4n) is 3.06. The van der Waals surface area contributed by atoms with E-state index in [1.165, 1.54) is 16.4 Å². The molecule has 0 aliphatic carbocycles. The smallest absolute Gasteiger partial charge is 0.257 e. The molecule has 0 saturated carbocycles. The standard InChI is InChI=1S/C19H21Cl3N2O3S/c1-11(2)12-6-13(20)8-14(7-12)23-19(25)16-9-15(10-17(21)18(16)22)24-4-3-5-28(24,26)27/h6-11,26-27H,3-5H2,1-2H3,(H,23,25). The highest BCUT2D eigenvalue weighted by atomic mass is 35.5. The molecule has 0 atom stereocenters. The lowest BCUT2D eigenvalue weighted by Crippen LogP contribution is -2.22. The minimum atomic E-state index is -2.91. The van der Waals surface area contributed by atoms with E-state index in [0.29, 0.717) is 29.4 Å². The van der Waals surface area contributed by atoms with Crippen LogP contribution in [0.15, 0.2) is 30.3 Å². The zero-order valence-corrected chi connectivity index (χ0v) is 18.5.